The molecule has 3 nitrogen and oxygen atoms in total. The molecule has 21 heavy (non-hydrogen) atoms. The minimum absolute atomic E-state index is 0.677. The predicted molar refractivity (Wildman–Crippen MR) is 90.6 cm³/mol. The zero-order chi connectivity index (χ0) is 15.1. The summed E-state index contributed by atoms with van der Waals surface area (Å²) < 4.78 is 7.49. The van der Waals surface area contributed by atoms with Crippen molar-refractivity contribution in [2.45, 2.75) is 26.3 Å². The van der Waals surface area contributed by atoms with E-state index in [0.717, 1.165) is 56.6 Å². The summed E-state index contributed by atoms with van der Waals surface area (Å²) in [6.07, 6.45) is 4.31. The van der Waals surface area contributed by atoms with E-state index in [9.17, 15) is 0 Å². The molecule has 1 N–H and O–H groups in total. The topological polar surface area (TPSA) is 26.2 Å². The number of nitrogens with one attached hydrogen (secondary N) is 1. The zero-order valence-electron chi connectivity index (χ0n) is 12.4. The fourth-order valence-electron chi connectivity index (χ4n) is 2.34. The van der Waals surface area contributed by atoms with Crippen LogP contribution in [0.1, 0.15) is 19.8 Å². The van der Waals surface area contributed by atoms with Crippen LogP contribution in [-0.4, -0.2) is 30.9 Å². The van der Waals surface area contributed by atoms with Crippen LogP contribution >= 0.6 is 23.2 Å². The molecule has 1 aromatic heterocycles. The van der Waals surface area contributed by atoms with Gasteiger partial charge in [-0.3, -0.25) is 0 Å². The minimum Gasteiger partial charge on any atom is -0.382 e. The lowest BCUT2D eigenvalue weighted by atomic mass is 10.2. The van der Waals surface area contributed by atoms with Crippen molar-refractivity contribution in [1.29, 1.82) is 0 Å². The summed E-state index contributed by atoms with van der Waals surface area (Å²) >= 11 is 12.3. The molecule has 0 aliphatic rings. The van der Waals surface area contributed by atoms with Crippen LogP contribution in [0.15, 0.2) is 24.4 Å². The number of hydrogen-bond donors (Lipinski definition) is 1. The molecule has 0 fully saturated rings. The first-order valence-electron chi connectivity index (χ1n) is 7.44. The molecular weight excluding hydrogens is 307 g/mol. The number of aromatic nitrogens is 1. The lowest BCUT2D eigenvalue weighted by Crippen LogP contribution is -2.21. The summed E-state index contributed by atoms with van der Waals surface area (Å²) in [5.41, 5.74) is 1.09. The van der Waals surface area contributed by atoms with Gasteiger partial charge in [0.1, 0.15) is 0 Å². The molecule has 0 saturated carbocycles. The maximum Gasteiger partial charge on any atom is 0.0514 e. The van der Waals surface area contributed by atoms with Gasteiger partial charge < -0.3 is 14.6 Å². The highest BCUT2D eigenvalue weighted by atomic mass is 35.5. The van der Waals surface area contributed by atoms with E-state index in [4.69, 9.17) is 27.9 Å². The van der Waals surface area contributed by atoms with Crippen LogP contribution in [0.4, 0.5) is 0 Å². The molecule has 0 aliphatic carbocycles. The molecule has 0 atom stereocenters. The number of benzene rings is 1. The van der Waals surface area contributed by atoms with Crippen LogP contribution in [0.25, 0.3) is 10.9 Å². The second-order valence-electron chi connectivity index (χ2n) is 4.98. The number of nitrogens with zero attached hydrogens (tertiary/aromatic N) is 1. The highest BCUT2D eigenvalue weighted by Crippen LogP contribution is 2.28. The van der Waals surface area contributed by atoms with E-state index >= 15 is 0 Å². The van der Waals surface area contributed by atoms with E-state index in [1.165, 1.54) is 0 Å². The van der Waals surface area contributed by atoms with Crippen LogP contribution in [0.5, 0.6) is 0 Å². The maximum absolute atomic E-state index is 6.19. The van der Waals surface area contributed by atoms with Gasteiger partial charge in [0.2, 0.25) is 0 Å². The first-order chi connectivity index (χ1) is 10.2. The van der Waals surface area contributed by atoms with Crippen LogP contribution in [-0.2, 0) is 11.3 Å². The SMILES string of the molecule is CCOCCCCNCCn1ccc2c(Cl)cc(Cl)cc21. The standard InChI is InChI=1S/C16H22Cl2N2O/c1-2-21-10-4-3-6-19-7-9-20-8-5-14-15(18)11-13(17)12-16(14)20/h5,8,11-12,19H,2-4,6-7,9-10H2,1H3. The number of fused-ring (bicyclic) bond motifs is 1. The Morgan fingerprint density at radius 3 is 2.86 bits per heavy atom. The van der Waals surface area contributed by atoms with Gasteiger partial charge >= 0.3 is 0 Å². The molecule has 0 amide bonds. The molecule has 5 heteroatoms. The van der Waals surface area contributed by atoms with E-state index in [-0.39, 0.29) is 0 Å². The Hall–Kier alpha value is -0.740. The molecule has 1 aromatic carbocycles. The van der Waals surface area contributed by atoms with Gasteiger partial charge in [0.25, 0.3) is 0 Å². The van der Waals surface area contributed by atoms with Gasteiger partial charge in [0.15, 0.2) is 0 Å². The van der Waals surface area contributed by atoms with Gasteiger partial charge in [-0.2, -0.15) is 0 Å². The Balaban J connectivity index is 1.76. The molecule has 0 spiro atoms. The molecule has 116 valence electrons. The second-order valence-corrected chi connectivity index (χ2v) is 5.83. The van der Waals surface area contributed by atoms with Gasteiger partial charge in [-0.1, -0.05) is 23.2 Å². The molecule has 2 rings (SSSR count). The molecule has 0 aliphatic heterocycles. The summed E-state index contributed by atoms with van der Waals surface area (Å²) in [5, 5.41) is 5.89. The molecule has 0 unspecified atom stereocenters. The van der Waals surface area contributed by atoms with Gasteiger partial charge in [-0.15, -0.1) is 0 Å². The van der Waals surface area contributed by atoms with Crippen molar-refractivity contribution in [1.82, 2.24) is 9.88 Å². The third-order valence-electron chi connectivity index (χ3n) is 3.43. The average molecular weight is 329 g/mol. The largest absolute Gasteiger partial charge is 0.382 e. The van der Waals surface area contributed by atoms with E-state index < -0.39 is 0 Å². The number of ether oxygens (including phenoxy) is 1. The Labute approximate surface area is 136 Å². The summed E-state index contributed by atoms with van der Waals surface area (Å²) in [5.74, 6) is 0. The Bertz CT molecular complexity index is 569. The van der Waals surface area contributed by atoms with Crippen molar-refractivity contribution in [2.24, 2.45) is 0 Å². The number of halogens is 2. The van der Waals surface area contributed by atoms with Crippen molar-refractivity contribution in [3.63, 3.8) is 0 Å². The quantitative estimate of drug-likeness (QED) is 0.692. The first kappa shape index (κ1) is 16.6. The van der Waals surface area contributed by atoms with Crippen molar-refractivity contribution in [3.05, 3.63) is 34.4 Å². The number of hydrogen-bond acceptors (Lipinski definition) is 2. The summed E-state index contributed by atoms with van der Waals surface area (Å²) in [7, 11) is 0. The van der Waals surface area contributed by atoms with E-state index in [1.54, 1.807) is 6.07 Å². The fraction of sp³-hybridized carbons (Fsp3) is 0.500. The third kappa shape index (κ3) is 4.89. The average Bonchev–Trinajstić information content (AvgIpc) is 2.85. The third-order valence-corrected chi connectivity index (χ3v) is 3.96. The lowest BCUT2D eigenvalue weighted by Gasteiger charge is -2.08. The van der Waals surface area contributed by atoms with Gasteiger partial charge in [0, 0.05) is 42.9 Å². The molecular formula is C16H22Cl2N2O. The normalized spacial score (nSPS) is 11.4. The van der Waals surface area contributed by atoms with Gasteiger partial charge in [-0.25, -0.2) is 0 Å². The van der Waals surface area contributed by atoms with Crippen molar-refractivity contribution in [3.8, 4) is 0 Å². The Morgan fingerprint density at radius 1 is 1.19 bits per heavy atom. The zero-order valence-corrected chi connectivity index (χ0v) is 13.9. The van der Waals surface area contributed by atoms with Crippen LogP contribution < -0.4 is 5.32 Å². The van der Waals surface area contributed by atoms with Crippen molar-refractivity contribution in [2.75, 3.05) is 26.3 Å². The Kier molecular flexibility index (Phi) is 6.84. The summed E-state index contributed by atoms with van der Waals surface area (Å²) in [6, 6.07) is 5.79. The summed E-state index contributed by atoms with van der Waals surface area (Å²) in [6.45, 7) is 6.55. The van der Waals surface area contributed by atoms with Crippen LogP contribution in [0, 0.1) is 0 Å². The maximum atomic E-state index is 6.19. The van der Waals surface area contributed by atoms with E-state index in [2.05, 4.69) is 16.1 Å². The van der Waals surface area contributed by atoms with Gasteiger partial charge in [0.05, 0.1) is 10.5 Å². The second kappa shape index (κ2) is 8.64. The molecule has 0 bridgehead atoms. The van der Waals surface area contributed by atoms with Crippen LogP contribution in [0.2, 0.25) is 10.0 Å². The van der Waals surface area contributed by atoms with Crippen LogP contribution in [0.3, 0.4) is 0 Å². The molecule has 2 aromatic rings. The lowest BCUT2D eigenvalue weighted by molar-refractivity contribution is 0.143. The highest BCUT2D eigenvalue weighted by molar-refractivity contribution is 6.38. The Morgan fingerprint density at radius 2 is 2.05 bits per heavy atom. The predicted octanol–water partition coefficient (Wildman–Crippen LogP) is 4.35. The van der Waals surface area contributed by atoms with E-state index in [1.807, 2.05) is 19.1 Å². The fourth-order valence-corrected chi connectivity index (χ4v) is 2.88. The minimum atomic E-state index is 0.677. The number of unbranched alkanes of at least 4 members (excludes halogenated alkanes) is 1. The molecule has 0 radical (unpaired) electrons. The van der Waals surface area contributed by atoms with Gasteiger partial charge in [-0.05, 0) is 44.5 Å². The smallest absolute Gasteiger partial charge is 0.0514 e. The van der Waals surface area contributed by atoms with Crippen molar-refractivity contribution >= 4 is 34.1 Å². The number of rotatable bonds is 9. The first-order valence-corrected chi connectivity index (χ1v) is 8.20. The molecule has 1 heterocycles. The monoisotopic (exact) mass is 328 g/mol. The molecule has 0 saturated heterocycles. The van der Waals surface area contributed by atoms with Crippen molar-refractivity contribution < 1.29 is 4.74 Å². The summed E-state index contributed by atoms with van der Waals surface area (Å²) in [4.78, 5) is 0. The van der Waals surface area contributed by atoms with E-state index in [0.29, 0.717) is 10.0 Å². The highest BCUT2D eigenvalue weighted by Gasteiger charge is 2.06.